The molecular weight excluding hydrogens is 322 g/mol. The van der Waals surface area contributed by atoms with Crippen LogP contribution in [0.5, 0.6) is 0 Å². The van der Waals surface area contributed by atoms with Crippen LogP contribution in [-0.2, 0) is 0 Å². The molecule has 0 saturated heterocycles. The molecule has 21 heavy (non-hydrogen) atoms. The summed E-state index contributed by atoms with van der Waals surface area (Å²) in [5.74, 6) is 0. The number of hydrogen-bond acceptors (Lipinski definition) is 1. The third kappa shape index (κ3) is 2.12. The number of pyridine rings is 1. The number of aromatic nitrogens is 1. The van der Waals surface area contributed by atoms with E-state index < -0.39 is 0 Å². The summed E-state index contributed by atoms with van der Waals surface area (Å²) >= 11 is 3.55. The summed E-state index contributed by atoms with van der Waals surface area (Å²) in [5, 5.41) is 3.64. The Kier molecular flexibility index (Phi) is 2.97. The lowest BCUT2D eigenvalue weighted by molar-refractivity contribution is 1.42. The molecule has 3 aromatic carbocycles. The van der Waals surface area contributed by atoms with Crippen LogP contribution in [0.4, 0.5) is 0 Å². The van der Waals surface area contributed by atoms with Gasteiger partial charge < -0.3 is 0 Å². The molecule has 1 aromatic heterocycles. The van der Waals surface area contributed by atoms with Crippen LogP contribution in [-0.4, -0.2) is 4.98 Å². The molecule has 0 aliphatic rings. The van der Waals surface area contributed by atoms with Crippen molar-refractivity contribution >= 4 is 37.6 Å². The first-order chi connectivity index (χ1) is 10.3. The van der Waals surface area contributed by atoms with Crippen molar-refractivity contribution in [3.63, 3.8) is 0 Å². The standard InChI is InChI=1S/C19H12BrN/c20-14-7-5-6-13(12-14)19-17-10-2-1-8-15(17)16-9-3-4-11-18(16)21-19/h1-12H. The van der Waals surface area contributed by atoms with E-state index in [1.807, 2.05) is 18.2 Å². The molecule has 0 saturated carbocycles. The summed E-state index contributed by atoms with van der Waals surface area (Å²) in [6.45, 7) is 0. The topological polar surface area (TPSA) is 12.9 Å². The zero-order valence-corrected chi connectivity index (χ0v) is 12.8. The smallest absolute Gasteiger partial charge is 0.0788 e. The fourth-order valence-corrected chi connectivity index (χ4v) is 3.16. The number of para-hydroxylation sites is 1. The predicted molar refractivity (Wildman–Crippen MR) is 92.4 cm³/mol. The fourth-order valence-electron chi connectivity index (χ4n) is 2.76. The SMILES string of the molecule is Brc1cccc(-c2nc3ccccc3c3ccccc23)c1. The molecule has 0 N–H and O–H groups in total. The first-order valence-electron chi connectivity index (χ1n) is 6.86. The zero-order chi connectivity index (χ0) is 14.2. The predicted octanol–water partition coefficient (Wildman–Crippen LogP) is 5.82. The van der Waals surface area contributed by atoms with Gasteiger partial charge >= 0.3 is 0 Å². The largest absolute Gasteiger partial charge is 0.247 e. The molecule has 0 amide bonds. The van der Waals surface area contributed by atoms with Crippen molar-refractivity contribution in [2.75, 3.05) is 0 Å². The third-order valence-corrected chi connectivity index (χ3v) is 4.20. The summed E-state index contributed by atoms with van der Waals surface area (Å²) in [6, 6.07) is 25.1. The van der Waals surface area contributed by atoms with E-state index in [1.54, 1.807) is 0 Å². The van der Waals surface area contributed by atoms with Gasteiger partial charge in [0, 0.05) is 20.8 Å². The van der Waals surface area contributed by atoms with Crippen molar-refractivity contribution in [2.45, 2.75) is 0 Å². The Bertz CT molecular complexity index is 960. The fraction of sp³-hybridized carbons (Fsp3) is 0. The van der Waals surface area contributed by atoms with Gasteiger partial charge in [0.05, 0.1) is 11.2 Å². The number of fused-ring (bicyclic) bond motifs is 3. The molecule has 1 nitrogen and oxygen atoms in total. The number of halogens is 1. The van der Waals surface area contributed by atoms with E-state index in [2.05, 4.69) is 70.5 Å². The van der Waals surface area contributed by atoms with Gasteiger partial charge in [0.1, 0.15) is 0 Å². The highest BCUT2D eigenvalue weighted by molar-refractivity contribution is 9.10. The van der Waals surface area contributed by atoms with Crippen molar-refractivity contribution in [2.24, 2.45) is 0 Å². The second kappa shape index (κ2) is 4.97. The minimum Gasteiger partial charge on any atom is -0.247 e. The van der Waals surface area contributed by atoms with Crippen molar-refractivity contribution in [3.05, 3.63) is 77.3 Å². The lowest BCUT2D eigenvalue weighted by atomic mass is 10.0. The molecule has 0 unspecified atom stereocenters. The van der Waals surface area contributed by atoms with Crippen LogP contribution >= 0.6 is 15.9 Å². The molecule has 0 spiro atoms. The van der Waals surface area contributed by atoms with Crippen LogP contribution in [0.25, 0.3) is 32.9 Å². The second-order valence-corrected chi connectivity index (χ2v) is 5.95. The minimum absolute atomic E-state index is 1.03. The van der Waals surface area contributed by atoms with Crippen molar-refractivity contribution in [1.82, 2.24) is 4.98 Å². The molecule has 0 aliphatic heterocycles. The Balaban J connectivity index is 2.16. The maximum absolute atomic E-state index is 4.89. The highest BCUT2D eigenvalue weighted by Gasteiger charge is 2.09. The van der Waals surface area contributed by atoms with Crippen LogP contribution in [0.3, 0.4) is 0 Å². The number of hydrogen-bond donors (Lipinski definition) is 0. The van der Waals surface area contributed by atoms with Gasteiger partial charge in [-0.25, -0.2) is 4.98 Å². The maximum atomic E-state index is 4.89. The van der Waals surface area contributed by atoms with Gasteiger partial charge in [-0.3, -0.25) is 0 Å². The average molecular weight is 334 g/mol. The summed E-state index contributed by atoms with van der Waals surface area (Å²) in [7, 11) is 0. The minimum atomic E-state index is 1.03. The van der Waals surface area contributed by atoms with Crippen LogP contribution in [0.1, 0.15) is 0 Å². The molecule has 2 heteroatoms. The van der Waals surface area contributed by atoms with Crippen LogP contribution in [0, 0.1) is 0 Å². The molecule has 0 aliphatic carbocycles. The maximum Gasteiger partial charge on any atom is 0.0788 e. The first-order valence-corrected chi connectivity index (χ1v) is 7.66. The Hall–Kier alpha value is -2.19. The Morgan fingerprint density at radius 1 is 0.667 bits per heavy atom. The van der Waals surface area contributed by atoms with E-state index >= 15 is 0 Å². The Labute approximate surface area is 131 Å². The molecular formula is C19H12BrN. The third-order valence-electron chi connectivity index (χ3n) is 3.71. The molecule has 4 rings (SSSR count). The van der Waals surface area contributed by atoms with E-state index in [9.17, 15) is 0 Å². The van der Waals surface area contributed by atoms with E-state index in [0.29, 0.717) is 0 Å². The number of benzene rings is 3. The lowest BCUT2D eigenvalue weighted by Gasteiger charge is -2.10. The Morgan fingerprint density at radius 2 is 1.38 bits per heavy atom. The Morgan fingerprint density at radius 3 is 2.19 bits per heavy atom. The number of nitrogens with zero attached hydrogens (tertiary/aromatic N) is 1. The summed E-state index contributed by atoms with van der Waals surface area (Å²) in [4.78, 5) is 4.89. The van der Waals surface area contributed by atoms with Gasteiger partial charge in [-0.15, -0.1) is 0 Å². The first kappa shape index (κ1) is 12.5. The van der Waals surface area contributed by atoms with Crippen molar-refractivity contribution in [3.8, 4) is 11.3 Å². The average Bonchev–Trinajstić information content (AvgIpc) is 2.54. The van der Waals surface area contributed by atoms with Gasteiger partial charge in [-0.2, -0.15) is 0 Å². The number of rotatable bonds is 1. The summed E-state index contributed by atoms with van der Waals surface area (Å²) in [6.07, 6.45) is 0. The normalized spacial score (nSPS) is 11.1. The van der Waals surface area contributed by atoms with Gasteiger partial charge in [-0.1, -0.05) is 70.5 Å². The van der Waals surface area contributed by atoms with Gasteiger partial charge in [0.15, 0.2) is 0 Å². The zero-order valence-electron chi connectivity index (χ0n) is 11.3. The van der Waals surface area contributed by atoms with Gasteiger partial charge in [0.25, 0.3) is 0 Å². The molecule has 0 fully saturated rings. The van der Waals surface area contributed by atoms with E-state index in [1.165, 1.54) is 16.2 Å². The van der Waals surface area contributed by atoms with Crippen LogP contribution < -0.4 is 0 Å². The van der Waals surface area contributed by atoms with Crippen LogP contribution in [0.2, 0.25) is 0 Å². The molecule has 0 radical (unpaired) electrons. The monoisotopic (exact) mass is 333 g/mol. The molecule has 1 heterocycles. The van der Waals surface area contributed by atoms with Gasteiger partial charge in [-0.05, 0) is 23.6 Å². The summed E-state index contributed by atoms with van der Waals surface area (Å²) < 4.78 is 1.07. The highest BCUT2D eigenvalue weighted by Crippen LogP contribution is 2.32. The van der Waals surface area contributed by atoms with Crippen molar-refractivity contribution in [1.29, 1.82) is 0 Å². The molecule has 4 aromatic rings. The quantitative estimate of drug-likeness (QED) is 0.400. The van der Waals surface area contributed by atoms with E-state index in [-0.39, 0.29) is 0 Å². The van der Waals surface area contributed by atoms with E-state index in [4.69, 9.17) is 4.98 Å². The van der Waals surface area contributed by atoms with Crippen LogP contribution in [0.15, 0.2) is 77.3 Å². The summed E-state index contributed by atoms with van der Waals surface area (Å²) in [5.41, 5.74) is 3.20. The highest BCUT2D eigenvalue weighted by atomic mass is 79.9. The molecule has 0 bridgehead atoms. The molecule has 100 valence electrons. The lowest BCUT2D eigenvalue weighted by Crippen LogP contribution is -1.89. The molecule has 0 atom stereocenters. The van der Waals surface area contributed by atoms with E-state index in [0.717, 1.165) is 21.2 Å². The van der Waals surface area contributed by atoms with Gasteiger partial charge in [0.2, 0.25) is 0 Å². The van der Waals surface area contributed by atoms with Crippen molar-refractivity contribution < 1.29 is 0 Å². The second-order valence-electron chi connectivity index (χ2n) is 5.03.